The molecule has 5 unspecified atom stereocenters. The molecule has 2 aromatic rings. The third-order valence-corrected chi connectivity index (χ3v) is 6.04. The van der Waals surface area contributed by atoms with E-state index in [1.807, 2.05) is 12.2 Å². The lowest BCUT2D eigenvalue weighted by Crippen LogP contribution is -2.41. The summed E-state index contributed by atoms with van der Waals surface area (Å²) in [4.78, 5) is 15.4. The van der Waals surface area contributed by atoms with Crippen molar-refractivity contribution in [1.82, 2.24) is 19.5 Å². The largest absolute Gasteiger partial charge is 0.394 e. The first-order chi connectivity index (χ1) is 15.0. The predicted molar refractivity (Wildman–Crippen MR) is 117 cm³/mol. The molecule has 2 aliphatic heterocycles. The van der Waals surface area contributed by atoms with Gasteiger partial charge in [-0.1, -0.05) is 31.4 Å². The lowest BCUT2D eigenvalue weighted by atomic mass is 9.94. The highest BCUT2D eigenvalue weighted by molar-refractivity contribution is 6.28. The molecule has 2 aliphatic rings. The molecule has 9 nitrogen and oxygen atoms in total. The molecule has 4 rings (SSSR count). The Labute approximate surface area is 185 Å². The number of rotatable bonds is 6. The van der Waals surface area contributed by atoms with Gasteiger partial charge in [-0.15, -0.1) is 0 Å². The van der Waals surface area contributed by atoms with E-state index < -0.39 is 31.1 Å². The SMILES string of the molecule is C=C/C=C(\C=C)C1CCCCN1c1nc(Cl)nc2c1ncn2C1OC(CO)C(O)C1O. The van der Waals surface area contributed by atoms with Crippen LogP contribution in [0.15, 0.2) is 43.3 Å². The zero-order valence-corrected chi connectivity index (χ0v) is 17.8. The van der Waals surface area contributed by atoms with Gasteiger partial charge >= 0.3 is 0 Å². The zero-order valence-electron chi connectivity index (χ0n) is 17.0. The highest BCUT2D eigenvalue weighted by atomic mass is 35.5. The normalized spacial score (nSPS) is 29.5. The first-order valence-corrected chi connectivity index (χ1v) is 10.6. The van der Waals surface area contributed by atoms with Gasteiger partial charge in [0, 0.05) is 6.54 Å². The minimum Gasteiger partial charge on any atom is -0.394 e. The number of hydrogen-bond acceptors (Lipinski definition) is 8. The van der Waals surface area contributed by atoms with Gasteiger partial charge in [0.05, 0.1) is 19.0 Å². The molecule has 10 heteroatoms. The van der Waals surface area contributed by atoms with Crippen LogP contribution in [-0.4, -0.2) is 72.3 Å². The molecule has 4 heterocycles. The van der Waals surface area contributed by atoms with Crippen LogP contribution in [0.3, 0.4) is 0 Å². The van der Waals surface area contributed by atoms with Crippen LogP contribution < -0.4 is 4.90 Å². The Morgan fingerprint density at radius 1 is 1.26 bits per heavy atom. The molecular weight excluding hydrogens is 422 g/mol. The van der Waals surface area contributed by atoms with E-state index in [1.165, 1.54) is 10.9 Å². The summed E-state index contributed by atoms with van der Waals surface area (Å²) in [5, 5.41) is 30.0. The molecule has 0 aliphatic carbocycles. The van der Waals surface area contributed by atoms with E-state index in [-0.39, 0.29) is 11.3 Å². The fourth-order valence-corrected chi connectivity index (χ4v) is 4.52. The Morgan fingerprint density at radius 2 is 2.06 bits per heavy atom. The van der Waals surface area contributed by atoms with Crippen LogP contribution >= 0.6 is 11.6 Å². The van der Waals surface area contributed by atoms with Gasteiger partial charge in [0.25, 0.3) is 0 Å². The van der Waals surface area contributed by atoms with Crippen LogP contribution in [0.25, 0.3) is 11.2 Å². The van der Waals surface area contributed by atoms with Gasteiger partial charge < -0.3 is 25.0 Å². The predicted octanol–water partition coefficient (Wildman–Crippen LogP) is 1.75. The Kier molecular flexibility index (Phi) is 6.40. The number of nitrogens with zero attached hydrogens (tertiary/aromatic N) is 5. The second-order valence-electron chi connectivity index (χ2n) is 7.68. The molecule has 3 N–H and O–H groups in total. The van der Waals surface area contributed by atoms with Crippen molar-refractivity contribution in [1.29, 1.82) is 0 Å². The minimum atomic E-state index is -1.25. The van der Waals surface area contributed by atoms with Crippen LogP contribution in [0.2, 0.25) is 5.28 Å². The number of imidazole rings is 1. The van der Waals surface area contributed by atoms with Gasteiger partial charge in [-0.05, 0) is 36.4 Å². The maximum Gasteiger partial charge on any atom is 0.226 e. The van der Waals surface area contributed by atoms with E-state index in [4.69, 9.17) is 16.3 Å². The molecule has 5 atom stereocenters. The van der Waals surface area contributed by atoms with Gasteiger partial charge in [-0.2, -0.15) is 9.97 Å². The molecule has 0 bridgehead atoms. The average Bonchev–Trinajstić information content (AvgIpc) is 3.32. The fourth-order valence-electron chi connectivity index (χ4n) is 4.35. The van der Waals surface area contributed by atoms with Gasteiger partial charge in [0.1, 0.15) is 18.3 Å². The van der Waals surface area contributed by atoms with Gasteiger partial charge in [-0.3, -0.25) is 4.57 Å². The van der Waals surface area contributed by atoms with Crippen molar-refractivity contribution in [2.75, 3.05) is 18.1 Å². The lowest BCUT2D eigenvalue weighted by molar-refractivity contribution is -0.0511. The summed E-state index contributed by atoms with van der Waals surface area (Å²) < 4.78 is 7.16. The van der Waals surface area contributed by atoms with E-state index in [0.717, 1.165) is 31.4 Å². The van der Waals surface area contributed by atoms with Crippen molar-refractivity contribution >= 4 is 28.6 Å². The molecule has 2 fully saturated rings. The summed E-state index contributed by atoms with van der Waals surface area (Å²) in [6.45, 7) is 8.08. The molecule has 31 heavy (non-hydrogen) atoms. The zero-order chi connectivity index (χ0) is 22.1. The lowest BCUT2D eigenvalue weighted by Gasteiger charge is -2.37. The third-order valence-electron chi connectivity index (χ3n) is 5.87. The van der Waals surface area contributed by atoms with Gasteiger partial charge in [-0.25, -0.2) is 4.98 Å². The maximum atomic E-state index is 10.4. The minimum absolute atomic E-state index is 0.0353. The Balaban J connectivity index is 1.79. The van der Waals surface area contributed by atoms with E-state index in [0.29, 0.717) is 17.0 Å². The average molecular weight is 448 g/mol. The van der Waals surface area contributed by atoms with Crippen LogP contribution in [0.5, 0.6) is 0 Å². The highest BCUT2D eigenvalue weighted by Gasteiger charge is 2.44. The maximum absolute atomic E-state index is 10.4. The quantitative estimate of drug-likeness (QED) is 0.453. The third kappa shape index (κ3) is 3.88. The number of ether oxygens (including phenoxy) is 1. The number of piperidine rings is 1. The van der Waals surface area contributed by atoms with Gasteiger partial charge in [0.2, 0.25) is 5.28 Å². The number of aliphatic hydroxyl groups is 3. The highest BCUT2D eigenvalue weighted by Crippen LogP contribution is 2.36. The Morgan fingerprint density at radius 3 is 2.74 bits per heavy atom. The number of fused-ring (bicyclic) bond motifs is 1. The van der Waals surface area contributed by atoms with E-state index in [9.17, 15) is 15.3 Å². The molecule has 166 valence electrons. The van der Waals surface area contributed by atoms with Crippen molar-refractivity contribution in [2.24, 2.45) is 0 Å². The van der Waals surface area contributed by atoms with Crippen molar-refractivity contribution in [3.8, 4) is 0 Å². The monoisotopic (exact) mass is 447 g/mol. The summed E-state index contributed by atoms with van der Waals surface area (Å²) in [6, 6.07) is 0.0393. The molecule has 0 amide bonds. The van der Waals surface area contributed by atoms with Crippen LogP contribution in [-0.2, 0) is 4.74 Å². The summed E-state index contributed by atoms with van der Waals surface area (Å²) >= 11 is 6.29. The van der Waals surface area contributed by atoms with Crippen molar-refractivity contribution in [2.45, 2.75) is 49.8 Å². The van der Waals surface area contributed by atoms with Crippen molar-refractivity contribution in [3.63, 3.8) is 0 Å². The second-order valence-corrected chi connectivity index (χ2v) is 8.02. The second kappa shape index (κ2) is 9.05. The summed E-state index contributed by atoms with van der Waals surface area (Å²) in [6.07, 6.45) is 5.62. The number of anilines is 1. The molecular formula is C21H26ClN5O4. The molecule has 2 aromatic heterocycles. The van der Waals surface area contributed by atoms with E-state index in [1.54, 1.807) is 6.08 Å². The Bertz CT molecular complexity index is 1010. The van der Waals surface area contributed by atoms with Crippen LogP contribution in [0, 0.1) is 0 Å². The number of aromatic nitrogens is 4. The number of halogens is 1. The van der Waals surface area contributed by atoms with Gasteiger partial charge in [0.15, 0.2) is 23.2 Å². The van der Waals surface area contributed by atoms with Crippen LogP contribution in [0.1, 0.15) is 25.5 Å². The molecule has 0 spiro atoms. The van der Waals surface area contributed by atoms with E-state index in [2.05, 4.69) is 33.0 Å². The molecule has 0 aromatic carbocycles. The van der Waals surface area contributed by atoms with Crippen LogP contribution in [0.4, 0.5) is 5.82 Å². The fraction of sp³-hybridized carbons (Fsp3) is 0.476. The summed E-state index contributed by atoms with van der Waals surface area (Å²) in [5.74, 6) is 0.585. The number of allylic oxidation sites excluding steroid dienone is 2. The number of hydrogen-bond donors (Lipinski definition) is 3. The number of aliphatic hydroxyl groups excluding tert-OH is 3. The molecule has 0 radical (unpaired) electrons. The molecule has 2 saturated heterocycles. The topological polar surface area (TPSA) is 117 Å². The van der Waals surface area contributed by atoms with E-state index >= 15 is 0 Å². The van der Waals surface area contributed by atoms with Crippen molar-refractivity contribution < 1.29 is 20.1 Å². The standard InChI is InChI=1S/C21H26ClN5O4/c1-3-7-12(4-2)13-8-5-6-9-26(13)18-15-19(25-21(22)24-18)27(11-23-15)20-17(30)16(29)14(10-28)31-20/h3-4,7,11,13-14,16-17,20,28-30H,1-2,5-6,8-10H2/b12-7+. The smallest absolute Gasteiger partial charge is 0.226 e. The summed E-state index contributed by atoms with van der Waals surface area (Å²) in [7, 11) is 0. The first kappa shape index (κ1) is 21.9. The first-order valence-electron chi connectivity index (χ1n) is 10.2. The Hall–Kier alpha value is -2.30. The molecule has 0 saturated carbocycles. The summed E-state index contributed by atoms with van der Waals surface area (Å²) in [5.41, 5.74) is 1.92. The van der Waals surface area contributed by atoms with Crippen molar-refractivity contribution in [3.05, 3.63) is 48.6 Å².